The molecule has 3 heteroatoms. The lowest BCUT2D eigenvalue weighted by Gasteiger charge is -2.11. The van der Waals surface area contributed by atoms with Crippen LogP contribution in [-0.4, -0.2) is 9.13 Å². The van der Waals surface area contributed by atoms with Gasteiger partial charge in [0.2, 0.25) is 0 Å². The third-order valence-corrected chi connectivity index (χ3v) is 9.29. The second-order valence-corrected chi connectivity index (χ2v) is 11.7. The van der Waals surface area contributed by atoms with Crippen LogP contribution < -0.4 is 0 Å². The number of hydrogen-bond donors (Lipinski definition) is 0. The van der Waals surface area contributed by atoms with Gasteiger partial charge < -0.3 is 13.6 Å². The molecular formula is C42H26N2O. The van der Waals surface area contributed by atoms with Gasteiger partial charge >= 0.3 is 0 Å². The zero-order chi connectivity index (χ0) is 29.5. The molecule has 0 radical (unpaired) electrons. The van der Waals surface area contributed by atoms with E-state index in [2.05, 4.69) is 161 Å². The summed E-state index contributed by atoms with van der Waals surface area (Å²) in [5.41, 5.74) is 11.1. The Morgan fingerprint density at radius 1 is 0.400 bits per heavy atom. The molecule has 0 aliphatic carbocycles. The molecule has 10 aromatic rings. The minimum atomic E-state index is 0.900. The first-order valence-corrected chi connectivity index (χ1v) is 15.4. The highest BCUT2D eigenvalue weighted by Gasteiger charge is 2.23. The second kappa shape index (κ2) is 9.22. The number of furan rings is 1. The molecule has 45 heavy (non-hydrogen) atoms. The smallest absolute Gasteiger partial charge is 0.160 e. The summed E-state index contributed by atoms with van der Waals surface area (Å²) >= 11 is 0. The second-order valence-electron chi connectivity index (χ2n) is 11.7. The molecule has 3 aromatic heterocycles. The summed E-state index contributed by atoms with van der Waals surface area (Å²) in [4.78, 5) is 0. The summed E-state index contributed by atoms with van der Waals surface area (Å²) in [6.45, 7) is 0. The summed E-state index contributed by atoms with van der Waals surface area (Å²) in [6.07, 6.45) is 0. The average molecular weight is 575 g/mol. The zero-order valence-electron chi connectivity index (χ0n) is 24.3. The molecule has 0 atom stereocenters. The van der Waals surface area contributed by atoms with E-state index < -0.39 is 0 Å². The van der Waals surface area contributed by atoms with Crippen molar-refractivity contribution < 1.29 is 4.42 Å². The lowest BCUT2D eigenvalue weighted by molar-refractivity contribution is 0.671. The molecule has 0 saturated carbocycles. The Morgan fingerprint density at radius 3 is 1.73 bits per heavy atom. The lowest BCUT2D eigenvalue weighted by atomic mass is 9.95. The molecule has 3 nitrogen and oxygen atoms in total. The van der Waals surface area contributed by atoms with Crippen LogP contribution in [0.4, 0.5) is 0 Å². The van der Waals surface area contributed by atoms with Gasteiger partial charge in [-0.25, -0.2) is 0 Å². The fourth-order valence-corrected chi connectivity index (χ4v) is 7.40. The van der Waals surface area contributed by atoms with Gasteiger partial charge in [-0.1, -0.05) is 97.1 Å². The first kappa shape index (κ1) is 24.4. The molecular weight excluding hydrogens is 548 g/mol. The van der Waals surface area contributed by atoms with Gasteiger partial charge in [-0.3, -0.25) is 0 Å². The van der Waals surface area contributed by atoms with Gasteiger partial charge in [-0.15, -0.1) is 0 Å². The minimum Gasteiger partial charge on any atom is -0.454 e. The number of hydrogen-bond acceptors (Lipinski definition) is 1. The summed E-state index contributed by atoms with van der Waals surface area (Å²) in [5, 5.41) is 7.15. The van der Waals surface area contributed by atoms with Crippen molar-refractivity contribution in [2.24, 2.45) is 0 Å². The first-order valence-electron chi connectivity index (χ1n) is 15.4. The molecule has 10 rings (SSSR count). The van der Waals surface area contributed by atoms with E-state index in [0.717, 1.165) is 44.3 Å². The minimum absolute atomic E-state index is 0.900. The summed E-state index contributed by atoms with van der Waals surface area (Å²) in [5.74, 6) is 0. The maximum atomic E-state index is 6.70. The SMILES string of the molecule is c1ccc(-n2c3ccccc3c3cc(-c4cc5c6ccccc6oc5c5c4c4ccccc4n5-c4ccccc4)ccc32)cc1. The van der Waals surface area contributed by atoms with Gasteiger partial charge in [0.05, 0.1) is 22.1 Å². The standard InChI is InChI=1S/C42H26N2O/c1-3-13-28(14-4-1)43-36-20-10-7-17-30(36)34-25-27(23-24-38(34)43)33-26-35-31-18-9-12-22-39(31)45-42(35)41-40(33)32-19-8-11-21-37(32)44(41)29-15-5-2-6-16-29/h1-26H. The number of rotatable bonds is 3. The fraction of sp³-hybridized carbons (Fsp3) is 0. The lowest BCUT2D eigenvalue weighted by Crippen LogP contribution is -1.94. The van der Waals surface area contributed by atoms with E-state index in [9.17, 15) is 0 Å². The van der Waals surface area contributed by atoms with Crippen LogP contribution in [0, 0.1) is 0 Å². The van der Waals surface area contributed by atoms with E-state index >= 15 is 0 Å². The average Bonchev–Trinajstić information content (AvgIpc) is 3.76. The van der Waals surface area contributed by atoms with Crippen molar-refractivity contribution in [2.75, 3.05) is 0 Å². The van der Waals surface area contributed by atoms with Crippen molar-refractivity contribution in [3.05, 3.63) is 158 Å². The Bertz CT molecular complexity index is 2740. The van der Waals surface area contributed by atoms with Gasteiger partial charge in [0.25, 0.3) is 0 Å². The van der Waals surface area contributed by atoms with Crippen molar-refractivity contribution >= 4 is 65.6 Å². The zero-order valence-corrected chi connectivity index (χ0v) is 24.3. The van der Waals surface area contributed by atoms with Gasteiger partial charge in [0.15, 0.2) is 5.58 Å². The largest absolute Gasteiger partial charge is 0.454 e. The molecule has 0 aliphatic heterocycles. The monoisotopic (exact) mass is 574 g/mol. The van der Waals surface area contributed by atoms with Crippen LogP contribution in [0.5, 0.6) is 0 Å². The van der Waals surface area contributed by atoms with Gasteiger partial charge in [-0.05, 0) is 71.8 Å². The van der Waals surface area contributed by atoms with Gasteiger partial charge in [0, 0.05) is 43.7 Å². The van der Waals surface area contributed by atoms with E-state index in [1.807, 2.05) is 6.07 Å². The van der Waals surface area contributed by atoms with E-state index in [4.69, 9.17) is 4.42 Å². The van der Waals surface area contributed by atoms with E-state index in [0.29, 0.717) is 0 Å². The van der Waals surface area contributed by atoms with Crippen LogP contribution in [-0.2, 0) is 0 Å². The van der Waals surface area contributed by atoms with Gasteiger partial charge in [0.1, 0.15) is 5.58 Å². The highest BCUT2D eigenvalue weighted by atomic mass is 16.3. The first-order chi connectivity index (χ1) is 22.3. The highest BCUT2D eigenvalue weighted by molar-refractivity contribution is 6.26. The molecule has 0 saturated heterocycles. The Hall–Kier alpha value is -6.06. The Kier molecular flexibility index (Phi) is 5.00. The Morgan fingerprint density at radius 2 is 0.978 bits per heavy atom. The summed E-state index contributed by atoms with van der Waals surface area (Å²) < 4.78 is 11.5. The molecule has 0 amide bonds. The van der Waals surface area contributed by atoms with Crippen molar-refractivity contribution in [2.45, 2.75) is 0 Å². The van der Waals surface area contributed by atoms with Crippen LogP contribution in [0.1, 0.15) is 0 Å². The van der Waals surface area contributed by atoms with E-state index in [-0.39, 0.29) is 0 Å². The Balaban J connectivity index is 1.38. The molecule has 210 valence electrons. The van der Waals surface area contributed by atoms with Crippen molar-refractivity contribution in [1.29, 1.82) is 0 Å². The molecule has 0 spiro atoms. The number of para-hydroxylation sites is 5. The van der Waals surface area contributed by atoms with E-state index in [1.165, 1.54) is 43.7 Å². The van der Waals surface area contributed by atoms with Crippen molar-refractivity contribution in [1.82, 2.24) is 9.13 Å². The molecule has 0 bridgehead atoms. The van der Waals surface area contributed by atoms with E-state index in [1.54, 1.807) is 0 Å². The third kappa shape index (κ3) is 3.41. The normalized spacial score (nSPS) is 12.0. The molecule has 0 aliphatic rings. The fourth-order valence-electron chi connectivity index (χ4n) is 7.40. The van der Waals surface area contributed by atoms with Crippen LogP contribution in [0.25, 0.3) is 88.1 Å². The van der Waals surface area contributed by atoms with Crippen molar-refractivity contribution in [3.8, 4) is 22.5 Å². The van der Waals surface area contributed by atoms with Crippen LogP contribution in [0.3, 0.4) is 0 Å². The third-order valence-electron chi connectivity index (χ3n) is 9.29. The summed E-state index contributed by atoms with van der Waals surface area (Å²) in [7, 11) is 0. The van der Waals surface area contributed by atoms with Crippen LogP contribution >= 0.6 is 0 Å². The maximum Gasteiger partial charge on any atom is 0.160 e. The maximum absolute atomic E-state index is 6.70. The summed E-state index contributed by atoms with van der Waals surface area (Å²) in [6, 6.07) is 56.4. The number of nitrogens with zero attached hydrogens (tertiary/aromatic N) is 2. The predicted molar refractivity (Wildman–Crippen MR) is 188 cm³/mol. The van der Waals surface area contributed by atoms with Crippen LogP contribution in [0.2, 0.25) is 0 Å². The number of fused-ring (bicyclic) bond motifs is 10. The molecule has 0 unspecified atom stereocenters. The van der Waals surface area contributed by atoms with Crippen LogP contribution in [0.15, 0.2) is 162 Å². The van der Waals surface area contributed by atoms with Crippen molar-refractivity contribution in [3.63, 3.8) is 0 Å². The predicted octanol–water partition coefficient (Wildman–Crippen LogP) is 11.4. The highest BCUT2D eigenvalue weighted by Crippen LogP contribution is 2.46. The van der Waals surface area contributed by atoms with Gasteiger partial charge in [-0.2, -0.15) is 0 Å². The molecule has 7 aromatic carbocycles. The Labute approximate surface area is 258 Å². The molecule has 3 heterocycles. The number of benzene rings is 7. The molecule has 0 fully saturated rings. The number of aromatic nitrogens is 2. The topological polar surface area (TPSA) is 23.0 Å². The quantitative estimate of drug-likeness (QED) is 0.206. The molecule has 0 N–H and O–H groups in total.